The van der Waals surface area contributed by atoms with E-state index in [1.54, 1.807) is 14.2 Å². The van der Waals surface area contributed by atoms with Gasteiger partial charge in [0.2, 0.25) is 0 Å². The predicted molar refractivity (Wildman–Crippen MR) is 106 cm³/mol. The van der Waals surface area contributed by atoms with Crippen LogP contribution in [0.3, 0.4) is 0 Å². The van der Waals surface area contributed by atoms with Crippen LogP contribution in [0.5, 0.6) is 11.5 Å². The van der Waals surface area contributed by atoms with E-state index in [-0.39, 0.29) is 11.6 Å². The largest absolute Gasteiger partial charge is 0.493 e. The second kappa shape index (κ2) is 8.90. The van der Waals surface area contributed by atoms with E-state index in [0.717, 1.165) is 16.8 Å². The molecule has 1 heterocycles. The topological polar surface area (TPSA) is 101 Å². The number of aromatic amines is 1. The Hall–Kier alpha value is -3.55. The van der Waals surface area contributed by atoms with Gasteiger partial charge in [0.05, 0.1) is 14.2 Å². The van der Waals surface area contributed by atoms with Crippen LogP contribution in [0.2, 0.25) is 0 Å². The molecule has 146 valence electrons. The highest BCUT2D eigenvalue weighted by Crippen LogP contribution is 2.27. The molecule has 3 rings (SSSR count). The summed E-state index contributed by atoms with van der Waals surface area (Å²) in [6.45, 7) is 2.46. The average Bonchev–Trinajstić information content (AvgIpc) is 3.17. The lowest BCUT2D eigenvalue weighted by molar-refractivity contribution is 0.0950. The van der Waals surface area contributed by atoms with E-state index in [1.165, 1.54) is 0 Å². The highest BCUT2D eigenvalue weighted by molar-refractivity contribution is 5.97. The summed E-state index contributed by atoms with van der Waals surface area (Å²) in [6.07, 6.45) is 0.644. The number of H-pyrrole nitrogens is 1. The second-order valence-electron chi connectivity index (χ2n) is 6.21. The molecule has 28 heavy (non-hydrogen) atoms. The number of carbonyl (C=O) groups excluding carboxylic acids is 1. The van der Waals surface area contributed by atoms with E-state index < -0.39 is 0 Å². The Morgan fingerprint density at radius 1 is 1.04 bits per heavy atom. The number of hydrogen-bond donors (Lipinski definition) is 3. The smallest absolute Gasteiger partial charge is 0.275 e. The number of anilines is 2. The van der Waals surface area contributed by atoms with Gasteiger partial charge in [0.1, 0.15) is 0 Å². The molecule has 2 aromatic carbocycles. The van der Waals surface area contributed by atoms with Crippen molar-refractivity contribution in [1.29, 1.82) is 0 Å². The fourth-order valence-corrected chi connectivity index (χ4v) is 2.69. The molecule has 0 aliphatic heterocycles. The third kappa shape index (κ3) is 4.59. The van der Waals surface area contributed by atoms with Crippen LogP contribution in [0.1, 0.15) is 21.6 Å². The van der Waals surface area contributed by atoms with Crippen molar-refractivity contribution in [3.05, 3.63) is 59.3 Å². The quantitative estimate of drug-likeness (QED) is 0.555. The molecular weight excluding hydrogens is 358 g/mol. The number of amides is 1. The molecule has 0 radical (unpaired) electrons. The fraction of sp³-hybridized carbons (Fsp3) is 0.250. The SMILES string of the molecule is COc1ccc(CCNC(=O)c2n[nH]nc2Nc2ccc(C)cc2)cc1OC. The van der Waals surface area contributed by atoms with Gasteiger partial charge in [-0.15, -0.1) is 10.2 Å². The third-order valence-electron chi connectivity index (χ3n) is 4.22. The maximum absolute atomic E-state index is 12.5. The number of aromatic nitrogens is 3. The van der Waals surface area contributed by atoms with Crippen LogP contribution in [0, 0.1) is 6.92 Å². The van der Waals surface area contributed by atoms with Crippen molar-refractivity contribution in [2.75, 3.05) is 26.1 Å². The number of nitrogens with zero attached hydrogens (tertiary/aromatic N) is 2. The monoisotopic (exact) mass is 381 g/mol. The molecule has 0 unspecified atom stereocenters. The maximum Gasteiger partial charge on any atom is 0.275 e. The van der Waals surface area contributed by atoms with Gasteiger partial charge in [0.15, 0.2) is 23.0 Å². The first-order chi connectivity index (χ1) is 13.6. The number of nitrogens with one attached hydrogen (secondary N) is 3. The molecule has 0 fully saturated rings. The van der Waals surface area contributed by atoms with Gasteiger partial charge >= 0.3 is 0 Å². The van der Waals surface area contributed by atoms with Gasteiger partial charge in [0.25, 0.3) is 5.91 Å². The molecule has 3 aromatic rings. The zero-order valence-corrected chi connectivity index (χ0v) is 16.1. The molecule has 0 aliphatic rings. The summed E-state index contributed by atoms with van der Waals surface area (Å²) in [5.41, 5.74) is 3.22. The van der Waals surface area contributed by atoms with Crippen LogP contribution in [-0.4, -0.2) is 42.1 Å². The van der Waals surface area contributed by atoms with Gasteiger partial charge in [-0.2, -0.15) is 5.21 Å². The molecule has 0 atom stereocenters. The van der Waals surface area contributed by atoms with E-state index in [4.69, 9.17) is 9.47 Å². The first-order valence-corrected chi connectivity index (χ1v) is 8.84. The number of rotatable bonds is 8. The Labute approximate surface area is 163 Å². The van der Waals surface area contributed by atoms with E-state index in [1.807, 2.05) is 49.4 Å². The third-order valence-corrected chi connectivity index (χ3v) is 4.22. The summed E-state index contributed by atoms with van der Waals surface area (Å²) in [4.78, 5) is 12.5. The van der Waals surface area contributed by atoms with Crippen LogP contribution in [0.4, 0.5) is 11.5 Å². The first-order valence-electron chi connectivity index (χ1n) is 8.84. The predicted octanol–water partition coefficient (Wildman–Crippen LogP) is 2.85. The van der Waals surface area contributed by atoms with Gasteiger partial charge < -0.3 is 20.1 Å². The van der Waals surface area contributed by atoms with Crippen LogP contribution >= 0.6 is 0 Å². The molecular formula is C20H23N5O3. The van der Waals surface area contributed by atoms with E-state index in [0.29, 0.717) is 30.3 Å². The molecule has 0 bridgehead atoms. The van der Waals surface area contributed by atoms with Gasteiger partial charge in [-0.05, 0) is 43.2 Å². The zero-order valence-electron chi connectivity index (χ0n) is 16.1. The van der Waals surface area contributed by atoms with Crippen molar-refractivity contribution in [2.45, 2.75) is 13.3 Å². The first kappa shape index (κ1) is 19.2. The number of benzene rings is 2. The summed E-state index contributed by atoms with van der Waals surface area (Å²) >= 11 is 0. The highest BCUT2D eigenvalue weighted by Gasteiger charge is 2.16. The molecule has 1 aromatic heterocycles. The molecule has 0 saturated carbocycles. The summed E-state index contributed by atoms with van der Waals surface area (Å²) in [6, 6.07) is 13.5. The minimum absolute atomic E-state index is 0.216. The lowest BCUT2D eigenvalue weighted by atomic mass is 10.1. The molecule has 0 spiro atoms. The molecule has 0 saturated heterocycles. The van der Waals surface area contributed by atoms with E-state index in [2.05, 4.69) is 26.0 Å². The van der Waals surface area contributed by atoms with Crippen molar-refractivity contribution in [2.24, 2.45) is 0 Å². The summed E-state index contributed by atoms with van der Waals surface area (Å²) in [5.74, 6) is 1.41. The lowest BCUT2D eigenvalue weighted by Gasteiger charge is -2.10. The molecule has 8 nitrogen and oxygen atoms in total. The van der Waals surface area contributed by atoms with Gasteiger partial charge in [-0.1, -0.05) is 23.8 Å². The van der Waals surface area contributed by atoms with Gasteiger partial charge in [0, 0.05) is 12.2 Å². The summed E-state index contributed by atoms with van der Waals surface area (Å²) < 4.78 is 10.5. The van der Waals surface area contributed by atoms with Gasteiger partial charge in [-0.3, -0.25) is 4.79 Å². The van der Waals surface area contributed by atoms with Crippen molar-refractivity contribution >= 4 is 17.4 Å². The zero-order chi connectivity index (χ0) is 19.9. The minimum atomic E-state index is -0.302. The standard InChI is InChI=1S/C20H23N5O3/c1-13-4-7-15(8-5-13)22-19-18(23-25-24-19)20(26)21-11-10-14-6-9-16(27-2)17(12-14)28-3/h4-9,12H,10-11H2,1-3H3,(H,21,26)(H2,22,23,24,25). The van der Waals surface area contributed by atoms with Gasteiger partial charge in [-0.25, -0.2) is 0 Å². The Morgan fingerprint density at radius 2 is 1.79 bits per heavy atom. The number of hydrogen-bond acceptors (Lipinski definition) is 6. The normalized spacial score (nSPS) is 10.4. The molecule has 0 aliphatic carbocycles. The van der Waals surface area contributed by atoms with Crippen LogP contribution in [-0.2, 0) is 6.42 Å². The van der Waals surface area contributed by atoms with Crippen LogP contribution in [0.15, 0.2) is 42.5 Å². The Morgan fingerprint density at radius 3 is 2.50 bits per heavy atom. The Bertz CT molecular complexity index is 937. The molecule has 8 heteroatoms. The number of aryl methyl sites for hydroxylation is 1. The summed E-state index contributed by atoms with van der Waals surface area (Å²) in [7, 11) is 3.19. The average molecular weight is 381 g/mol. The fourth-order valence-electron chi connectivity index (χ4n) is 2.69. The van der Waals surface area contributed by atoms with Crippen LogP contribution in [0.25, 0.3) is 0 Å². The van der Waals surface area contributed by atoms with Crippen molar-refractivity contribution in [3.63, 3.8) is 0 Å². The number of carbonyl (C=O) groups is 1. The van der Waals surface area contributed by atoms with Crippen LogP contribution < -0.4 is 20.1 Å². The Balaban J connectivity index is 1.58. The van der Waals surface area contributed by atoms with E-state index >= 15 is 0 Å². The maximum atomic E-state index is 12.5. The lowest BCUT2D eigenvalue weighted by Crippen LogP contribution is -2.26. The highest BCUT2D eigenvalue weighted by atomic mass is 16.5. The van der Waals surface area contributed by atoms with E-state index in [9.17, 15) is 4.79 Å². The second-order valence-corrected chi connectivity index (χ2v) is 6.21. The minimum Gasteiger partial charge on any atom is -0.493 e. The molecule has 1 amide bonds. The number of methoxy groups -OCH3 is 2. The Kier molecular flexibility index (Phi) is 6.11. The van der Waals surface area contributed by atoms with Crippen molar-refractivity contribution in [3.8, 4) is 11.5 Å². The van der Waals surface area contributed by atoms with Crippen molar-refractivity contribution < 1.29 is 14.3 Å². The summed E-state index contributed by atoms with van der Waals surface area (Å²) in [5, 5.41) is 16.4. The molecule has 3 N–H and O–H groups in total. The number of ether oxygens (including phenoxy) is 2. The van der Waals surface area contributed by atoms with Crippen molar-refractivity contribution in [1.82, 2.24) is 20.7 Å².